The number of hydrogen-bond donors (Lipinski definition) is 1. The average Bonchev–Trinajstić information content (AvgIpc) is 3.10. The number of carbonyl (C=O) groups is 1. The smallest absolute Gasteiger partial charge is 0.387 e. The molecule has 29 heavy (non-hydrogen) atoms. The van der Waals surface area contributed by atoms with Gasteiger partial charge in [-0.25, -0.2) is 4.98 Å². The van der Waals surface area contributed by atoms with Gasteiger partial charge in [-0.15, -0.1) is 0 Å². The van der Waals surface area contributed by atoms with Crippen LogP contribution in [0.2, 0.25) is 0 Å². The third-order valence-corrected chi connectivity index (χ3v) is 4.28. The first-order valence-electron chi connectivity index (χ1n) is 9.06. The largest absolute Gasteiger partial charge is 0.434 e. The first-order valence-corrected chi connectivity index (χ1v) is 9.06. The van der Waals surface area contributed by atoms with Gasteiger partial charge in [-0.2, -0.15) is 8.78 Å². The van der Waals surface area contributed by atoms with Crippen LogP contribution >= 0.6 is 0 Å². The Bertz CT molecular complexity index is 999. The van der Waals surface area contributed by atoms with Gasteiger partial charge in [0, 0.05) is 37.1 Å². The second kappa shape index (κ2) is 9.64. The Kier molecular flexibility index (Phi) is 6.73. The van der Waals surface area contributed by atoms with Crippen LogP contribution in [0.15, 0.2) is 67.0 Å². The number of para-hydroxylation sites is 1. The summed E-state index contributed by atoms with van der Waals surface area (Å²) in [6.07, 6.45) is 6.43. The van der Waals surface area contributed by atoms with Crippen molar-refractivity contribution in [3.8, 4) is 5.75 Å². The summed E-state index contributed by atoms with van der Waals surface area (Å²) in [5.74, 6) is 0.631. The number of aryl methyl sites for hydroxylation is 1. The normalized spacial score (nSPS) is 11.2. The molecule has 1 aromatic heterocycles. The van der Waals surface area contributed by atoms with E-state index in [0.29, 0.717) is 18.7 Å². The van der Waals surface area contributed by atoms with Crippen molar-refractivity contribution < 1.29 is 18.3 Å². The molecular formula is C22H21F2N3O2. The molecule has 0 unspecified atom stereocenters. The molecule has 3 aromatic rings. The second-order valence-electron chi connectivity index (χ2n) is 6.39. The van der Waals surface area contributed by atoms with Crippen LogP contribution in [0, 0.1) is 6.92 Å². The summed E-state index contributed by atoms with van der Waals surface area (Å²) in [5, 5.41) is 2.79. The lowest BCUT2D eigenvalue weighted by atomic mass is 10.1. The molecular weight excluding hydrogens is 376 g/mol. The SMILES string of the molecule is Cc1nccn1Cc1cccc(CNC(=O)/C=C/c2ccccc2OC(F)F)c1. The number of ether oxygens (including phenoxy) is 1. The molecule has 0 aliphatic heterocycles. The van der Waals surface area contributed by atoms with Gasteiger partial charge in [0.25, 0.3) is 0 Å². The number of carbonyl (C=O) groups excluding carboxylic acids is 1. The Morgan fingerprint density at radius 3 is 2.76 bits per heavy atom. The topological polar surface area (TPSA) is 56.2 Å². The standard InChI is InChI=1S/C22H21F2N3O2/c1-16-25-11-12-27(16)15-18-6-4-5-17(13-18)14-26-21(28)10-9-19-7-2-3-8-20(19)29-22(23)24/h2-13,22H,14-15H2,1H3,(H,26,28)/b10-9+. The van der Waals surface area contributed by atoms with Crippen molar-refractivity contribution in [1.29, 1.82) is 0 Å². The molecule has 2 aromatic carbocycles. The van der Waals surface area contributed by atoms with Crippen molar-refractivity contribution in [2.75, 3.05) is 0 Å². The number of halogens is 2. The zero-order valence-corrected chi connectivity index (χ0v) is 15.9. The van der Waals surface area contributed by atoms with Gasteiger partial charge in [0.2, 0.25) is 5.91 Å². The summed E-state index contributed by atoms with van der Waals surface area (Å²) >= 11 is 0. The predicted molar refractivity (Wildman–Crippen MR) is 106 cm³/mol. The number of nitrogens with zero attached hydrogens (tertiary/aromatic N) is 2. The van der Waals surface area contributed by atoms with E-state index in [1.165, 1.54) is 18.2 Å². The summed E-state index contributed by atoms with van der Waals surface area (Å²) in [7, 11) is 0. The van der Waals surface area contributed by atoms with Gasteiger partial charge in [-0.1, -0.05) is 42.5 Å². The van der Waals surface area contributed by atoms with Crippen LogP contribution in [-0.4, -0.2) is 22.1 Å². The minimum absolute atomic E-state index is 0.0223. The lowest BCUT2D eigenvalue weighted by Crippen LogP contribution is -2.20. The molecule has 1 amide bonds. The molecule has 1 N–H and O–H groups in total. The lowest BCUT2D eigenvalue weighted by Gasteiger charge is -2.09. The Morgan fingerprint density at radius 2 is 2.00 bits per heavy atom. The molecule has 0 aliphatic carbocycles. The van der Waals surface area contributed by atoms with Crippen molar-refractivity contribution in [3.05, 3.63) is 89.5 Å². The highest BCUT2D eigenvalue weighted by molar-refractivity contribution is 5.92. The van der Waals surface area contributed by atoms with E-state index in [1.54, 1.807) is 24.4 Å². The van der Waals surface area contributed by atoms with E-state index in [4.69, 9.17) is 0 Å². The first kappa shape index (κ1) is 20.3. The van der Waals surface area contributed by atoms with Crippen molar-refractivity contribution in [3.63, 3.8) is 0 Å². The van der Waals surface area contributed by atoms with Gasteiger partial charge < -0.3 is 14.6 Å². The maximum Gasteiger partial charge on any atom is 0.387 e. The van der Waals surface area contributed by atoms with Crippen LogP contribution in [0.3, 0.4) is 0 Å². The van der Waals surface area contributed by atoms with E-state index in [9.17, 15) is 13.6 Å². The highest BCUT2D eigenvalue weighted by atomic mass is 19.3. The summed E-state index contributed by atoms with van der Waals surface area (Å²) in [6, 6.07) is 14.2. The highest BCUT2D eigenvalue weighted by Gasteiger charge is 2.07. The molecule has 0 radical (unpaired) electrons. The van der Waals surface area contributed by atoms with Gasteiger partial charge in [0.1, 0.15) is 11.6 Å². The molecule has 0 atom stereocenters. The predicted octanol–water partition coefficient (Wildman–Crippen LogP) is 4.17. The first-order chi connectivity index (χ1) is 14.0. The van der Waals surface area contributed by atoms with E-state index in [1.807, 2.05) is 42.0 Å². The van der Waals surface area contributed by atoms with Gasteiger partial charge in [-0.3, -0.25) is 4.79 Å². The lowest BCUT2D eigenvalue weighted by molar-refractivity contribution is -0.116. The van der Waals surface area contributed by atoms with Gasteiger partial charge in [-0.05, 0) is 30.2 Å². The van der Waals surface area contributed by atoms with Crippen molar-refractivity contribution in [2.24, 2.45) is 0 Å². The summed E-state index contributed by atoms with van der Waals surface area (Å²) in [5.41, 5.74) is 2.47. The third-order valence-electron chi connectivity index (χ3n) is 4.28. The number of rotatable bonds is 8. The molecule has 0 bridgehead atoms. The van der Waals surface area contributed by atoms with Crippen LogP contribution in [0.5, 0.6) is 5.75 Å². The fraction of sp³-hybridized carbons (Fsp3) is 0.182. The molecule has 0 spiro atoms. The number of imidazole rings is 1. The van der Waals surface area contributed by atoms with Crippen LogP contribution in [0.1, 0.15) is 22.5 Å². The average molecular weight is 397 g/mol. The Balaban J connectivity index is 1.58. The van der Waals surface area contributed by atoms with Crippen molar-refractivity contribution >= 4 is 12.0 Å². The molecule has 7 heteroatoms. The molecule has 150 valence electrons. The van der Waals surface area contributed by atoms with E-state index < -0.39 is 6.61 Å². The molecule has 1 heterocycles. The maximum atomic E-state index is 12.5. The van der Waals surface area contributed by atoms with Crippen LogP contribution in [0.25, 0.3) is 6.08 Å². The monoisotopic (exact) mass is 397 g/mol. The summed E-state index contributed by atoms with van der Waals surface area (Å²) in [6.45, 7) is 0.0848. The Hall–Kier alpha value is -3.48. The molecule has 0 saturated heterocycles. The van der Waals surface area contributed by atoms with Gasteiger partial charge in [0.05, 0.1) is 0 Å². The minimum atomic E-state index is -2.92. The fourth-order valence-corrected chi connectivity index (χ4v) is 2.84. The van der Waals surface area contributed by atoms with Crippen LogP contribution in [0.4, 0.5) is 8.78 Å². The van der Waals surface area contributed by atoms with Gasteiger partial charge in [0.15, 0.2) is 0 Å². The van der Waals surface area contributed by atoms with E-state index in [0.717, 1.165) is 17.0 Å². The maximum absolute atomic E-state index is 12.5. The highest BCUT2D eigenvalue weighted by Crippen LogP contribution is 2.21. The van der Waals surface area contributed by atoms with Crippen molar-refractivity contribution in [1.82, 2.24) is 14.9 Å². The summed E-state index contributed by atoms with van der Waals surface area (Å²) < 4.78 is 31.4. The number of benzene rings is 2. The second-order valence-corrected chi connectivity index (χ2v) is 6.39. The number of nitrogens with one attached hydrogen (secondary N) is 1. The Labute approximate surface area is 167 Å². The van der Waals surface area contributed by atoms with E-state index in [2.05, 4.69) is 15.0 Å². The van der Waals surface area contributed by atoms with E-state index in [-0.39, 0.29) is 11.7 Å². The van der Waals surface area contributed by atoms with Gasteiger partial charge >= 0.3 is 6.61 Å². The third kappa shape index (κ3) is 6.00. The molecule has 3 rings (SSSR count). The molecule has 0 aliphatic rings. The van der Waals surface area contributed by atoms with Crippen LogP contribution in [-0.2, 0) is 17.9 Å². The zero-order valence-electron chi connectivity index (χ0n) is 15.9. The Morgan fingerprint density at radius 1 is 1.21 bits per heavy atom. The van der Waals surface area contributed by atoms with Crippen LogP contribution < -0.4 is 10.1 Å². The number of hydrogen-bond acceptors (Lipinski definition) is 3. The molecule has 0 saturated carbocycles. The number of aromatic nitrogens is 2. The number of alkyl halides is 2. The quantitative estimate of drug-likeness (QED) is 0.581. The molecule has 5 nitrogen and oxygen atoms in total. The summed E-state index contributed by atoms with van der Waals surface area (Å²) in [4.78, 5) is 16.3. The van der Waals surface area contributed by atoms with Crippen molar-refractivity contribution in [2.45, 2.75) is 26.6 Å². The molecule has 0 fully saturated rings. The zero-order chi connectivity index (χ0) is 20.6. The van der Waals surface area contributed by atoms with E-state index >= 15 is 0 Å². The minimum Gasteiger partial charge on any atom is -0.434 e. The fourth-order valence-electron chi connectivity index (χ4n) is 2.84. The number of amides is 1.